The maximum absolute atomic E-state index is 4.03. The molecule has 3 nitrogen and oxygen atoms in total. The molecule has 56 valence electrons. The number of aromatic amines is 1. The van der Waals surface area contributed by atoms with Crippen LogP contribution in [0.25, 0.3) is 11.4 Å². The lowest BCUT2D eigenvalue weighted by atomic mass is 10.3. The Morgan fingerprint density at radius 1 is 1.45 bits per heavy atom. The minimum absolute atomic E-state index is 0.804. The number of hydrogen-bond donors (Lipinski definition) is 1. The van der Waals surface area contributed by atoms with Crippen molar-refractivity contribution in [1.29, 1.82) is 0 Å². The summed E-state index contributed by atoms with van der Waals surface area (Å²) in [6.07, 6.45) is 1.50. The number of halogens is 1. The molecule has 0 amide bonds. The SMILES string of the molecule is Brc1cscc1-c1ncn[nH]1. The molecule has 0 aliphatic rings. The van der Waals surface area contributed by atoms with Crippen LogP contribution in [0.5, 0.6) is 0 Å². The summed E-state index contributed by atoms with van der Waals surface area (Å²) in [5.41, 5.74) is 1.06. The van der Waals surface area contributed by atoms with Crippen LogP contribution < -0.4 is 0 Å². The highest BCUT2D eigenvalue weighted by atomic mass is 79.9. The van der Waals surface area contributed by atoms with Crippen molar-refractivity contribution in [3.05, 3.63) is 21.6 Å². The summed E-state index contributed by atoms with van der Waals surface area (Å²) < 4.78 is 1.05. The number of H-pyrrole nitrogens is 1. The van der Waals surface area contributed by atoms with Crippen LogP contribution in [-0.4, -0.2) is 15.2 Å². The minimum atomic E-state index is 0.804. The number of hydrogen-bond acceptors (Lipinski definition) is 3. The maximum Gasteiger partial charge on any atom is 0.157 e. The van der Waals surface area contributed by atoms with Gasteiger partial charge in [-0.05, 0) is 15.9 Å². The van der Waals surface area contributed by atoms with E-state index in [1.165, 1.54) is 6.33 Å². The van der Waals surface area contributed by atoms with Crippen molar-refractivity contribution in [3.8, 4) is 11.4 Å². The van der Waals surface area contributed by atoms with E-state index in [1.54, 1.807) is 11.3 Å². The van der Waals surface area contributed by atoms with E-state index in [1.807, 2.05) is 10.8 Å². The lowest BCUT2D eigenvalue weighted by molar-refractivity contribution is 1.10. The van der Waals surface area contributed by atoms with Crippen LogP contribution in [0.15, 0.2) is 21.6 Å². The average molecular weight is 230 g/mol. The zero-order valence-corrected chi connectivity index (χ0v) is 7.82. The van der Waals surface area contributed by atoms with Gasteiger partial charge in [0.25, 0.3) is 0 Å². The lowest BCUT2D eigenvalue weighted by Crippen LogP contribution is -1.76. The van der Waals surface area contributed by atoms with Gasteiger partial charge in [-0.15, -0.1) is 0 Å². The summed E-state index contributed by atoms with van der Waals surface area (Å²) in [6.45, 7) is 0. The number of nitrogens with one attached hydrogen (secondary N) is 1. The van der Waals surface area contributed by atoms with E-state index < -0.39 is 0 Å². The first-order chi connectivity index (χ1) is 5.38. The van der Waals surface area contributed by atoms with E-state index in [-0.39, 0.29) is 0 Å². The molecule has 0 fully saturated rings. The van der Waals surface area contributed by atoms with Crippen molar-refractivity contribution >= 4 is 27.3 Å². The van der Waals surface area contributed by atoms with Crippen LogP contribution in [-0.2, 0) is 0 Å². The summed E-state index contributed by atoms with van der Waals surface area (Å²) in [5.74, 6) is 0.804. The summed E-state index contributed by atoms with van der Waals surface area (Å²) >= 11 is 5.04. The molecule has 2 heterocycles. The smallest absolute Gasteiger partial charge is 0.157 e. The molecule has 0 bridgehead atoms. The van der Waals surface area contributed by atoms with Gasteiger partial charge in [0.05, 0.1) is 0 Å². The molecule has 5 heteroatoms. The number of aromatic nitrogens is 3. The predicted molar refractivity (Wildman–Crippen MR) is 47.4 cm³/mol. The van der Waals surface area contributed by atoms with Gasteiger partial charge in [-0.3, -0.25) is 5.10 Å². The highest BCUT2D eigenvalue weighted by molar-refractivity contribution is 9.10. The number of thiophene rings is 1. The van der Waals surface area contributed by atoms with E-state index in [2.05, 4.69) is 31.1 Å². The van der Waals surface area contributed by atoms with Gasteiger partial charge in [-0.2, -0.15) is 16.4 Å². The van der Waals surface area contributed by atoms with Gasteiger partial charge in [0, 0.05) is 20.8 Å². The van der Waals surface area contributed by atoms with E-state index in [4.69, 9.17) is 0 Å². The van der Waals surface area contributed by atoms with Crippen molar-refractivity contribution in [2.45, 2.75) is 0 Å². The minimum Gasteiger partial charge on any atom is -0.259 e. The van der Waals surface area contributed by atoms with Gasteiger partial charge < -0.3 is 0 Å². The first kappa shape index (κ1) is 7.00. The first-order valence-electron chi connectivity index (χ1n) is 2.95. The van der Waals surface area contributed by atoms with Crippen LogP contribution >= 0.6 is 27.3 Å². The molecular weight excluding hydrogens is 226 g/mol. The molecule has 0 spiro atoms. The first-order valence-corrected chi connectivity index (χ1v) is 4.69. The molecule has 0 saturated carbocycles. The van der Waals surface area contributed by atoms with Gasteiger partial charge in [-0.1, -0.05) is 0 Å². The third kappa shape index (κ3) is 1.21. The van der Waals surface area contributed by atoms with Crippen LogP contribution in [0.4, 0.5) is 0 Å². The van der Waals surface area contributed by atoms with Gasteiger partial charge in [0.15, 0.2) is 5.82 Å². The number of nitrogens with zero attached hydrogens (tertiary/aromatic N) is 2. The van der Waals surface area contributed by atoms with E-state index >= 15 is 0 Å². The fourth-order valence-corrected chi connectivity index (χ4v) is 2.25. The fourth-order valence-electron chi connectivity index (χ4n) is 0.786. The van der Waals surface area contributed by atoms with Crippen LogP contribution in [0.1, 0.15) is 0 Å². The Morgan fingerprint density at radius 2 is 2.36 bits per heavy atom. The third-order valence-corrected chi connectivity index (χ3v) is 2.99. The van der Waals surface area contributed by atoms with Crippen LogP contribution in [0, 0.1) is 0 Å². The standard InChI is InChI=1S/C6H4BrN3S/c7-5-2-11-1-4(5)6-8-3-9-10-6/h1-3H,(H,8,9,10). The molecule has 0 radical (unpaired) electrons. The Balaban J connectivity index is 2.53. The Hall–Kier alpha value is -0.680. The molecule has 11 heavy (non-hydrogen) atoms. The van der Waals surface area contributed by atoms with E-state index in [9.17, 15) is 0 Å². The topological polar surface area (TPSA) is 41.6 Å². The molecular formula is C6H4BrN3S. The Bertz CT molecular complexity index is 340. The van der Waals surface area contributed by atoms with Crippen molar-refractivity contribution < 1.29 is 0 Å². The number of rotatable bonds is 1. The molecule has 0 atom stereocenters. The zero-order chi connectivity index (χ0) is 7.68. The van der Waals surface area contributed by atoms with Gasteiger partial charge in [0.1, 0.15) is 6.33 Å². The summed E-state index contributed by atoms with van der Waals surface area (Å²) in [7, 11) is 0. The average Bonchev–Trinajstić information content (AvgIpc) is 2.55. The van der Waals surface area contributed by atoms with Gasteiger partial charge in [0.2, 0.25) is 0 Å². The van der Waals surface area contributed by atoms with Crippen molar-refractivity contribution in [2.75, 3.05) is 0 Å². The molecule has 1 N–H and O–H groups in total. The molecule has 2 rings (SSSR count). The van der Waals surface area contributed by atoms with E-state index in [0.717, 1.165) is 15.9 Å². The zero-order valence-electron chi connectivity index (χ0n) is 5.41. The molecule has 0 saturated heterocycles. The second-order valence-electron chi connectivity index (χ2n) is 1.97. The predicted octanol–water partition coefficient (Wildman–Crippen LogP) is 2.30. The Kier molecular flexibility index (Phi) is 1.75. The van der Waals surface area contributed by atoms with Gasteiger partial charge in [-0.25, -0.2) is 4.98 Å². The molecule has 2 aromatic heterocycles. The quantitative estimate of drug-likeness (QED) is 0.816. The van der Waals surface area contributed by atoms with E-state index in [0.29, 0.717) is 0 Å². The maximum atomic E-state index is 4.03. The third-order valence-electron chi connectivity index (χ3n) is 1.28. The van der Waals surface area contributed by atoms with Crippen LogP contribution in [0.3, 0.4) is 0 Å². The molecule has 0 aliphatic carbocycles. The Labute approximate surface area is 75.6 Å². The highest BCUT2D eigenvalue weighted by Gasteiger charge is 2.05. The van der Waals surface area contributed by atoms with Gasteiger partial charge >= 0.3 is 0 Å². The second kappa shape index (κ2) is 2.75. The second-order valence-corrected chi connectivity index (χ2v) is 3.57. The highest BCUT2D eigenvalue weighted by Crippen LogP contribution is 2.28. The summed E-state index contributed by atoms with van der Waals surface area (Å²) in [4.78, 5) is 4.03. The monoisotopic (exact) mass is 229 g/mol. The largest absolute Gasteiger partial charge is 0.259 e. The lowest BCUT2D eigenvalue weighted by Gasteiger charge is -1.88. The molecule has 2 aromatic rings. The Morgan fingerprint density at radius 3 is 2.91 bits per heavy atom. The molecule has 0 aliphatic heterocycles. The van der Waals surface area contributed by atoms with Crippen molar-refractivity contribution in [3.63, 3.8) is 0 Å². The molecule has 0 unspecified atom stereocenters. The normalized spacial score (nSPS) is 10.3. The van der Waals surface area contributed by atoms with Crippen molar-refractivity contribution in [2.24, 2.45) is 0 Å². The summed E-state index contributed by atoms with van der Waals surface area (Å²) in [5, 5.41) is 10.6. The fraction of sp³-hybridized carbons (Fsp3) is 0. The van der Waals surface area contributed by atoms with Crippen molar-refractivity contribution in [1.82, 2.24) is 15.2 Å². The summed E-state index contributed by atoms with van der Waals surface area (Å²) in [6, 6.07) is 0. The van der Waals surface area contributed by atoms with Crippen LogP contribution in [0.2, 0.25) is 0 Å². The molecule has 0 aromatic carbocycles.